The van der Waals surface area contributed by atoms with Crippen molar-refractivity contribution in [1.29, 1.82) is 0 Å². The van der Waals surface area contributed by atoms with Gasteiger partial charge in [0.05, 0.1) is 0 Å². The second-order valence-corrected chi connectivity index (χ2v) is 2.18. The Labute approximate surface area is 66.8 Å². The molecular weight excluding hydrogens is 172 g/mol. The SMILES string of the molecule is F[C](c1ccccc1)C(F)(F)F. The van der Waals surface area contributed by atoms with Crippen molar-refractivity contribution in [2.75, 3.05) is 0 Å². The second kappa shape index (κ2) is 3.13. The van der Waals surface area contributed by atoms with Crippen LogP contribution in [0.2, 0.25) is 0 Å². The second-order valence-electron chi connectivity index (χ2n) is 2.18. The first-order valence-electron chi connectivity index (χ1n) is 3.17. The van der Waals surface area contributed by atoms with E-state index in [1.807, 2.05) is 0 Å². The summed E-state index contributed by atoms with van der Waals surface area (Å²) in [5.74, 6) is 0. The van der Waals surface area contributed by atoms with Crippen LogP contribution in [0.4, 0.5) is 17.6 Å². The topological polar surface area (TPSA) is 0 Å². The van der Waals surface area contributed by atoms with Crippen molar-refractivity contribution in [1.82, 2.24) is 0 Å². The lowest BCUT2D eigenvalue weighted by molar-refractivity contribution is -0.130. The van der Waals surface area contributed by atoms with Crippen molar-refractivity contribution in [2.45, 2.75) is 6.18 Å². The fourth-order valence-corrected chi connectivity index (χ4v) is 0.748. The molecule has 0 nitrogen and oxygen atoms in total. The molecular formula is C8H5F4. The maximum atomic E-state index is 12.4. The average molecular weight is 177 g/mol. The van der Waals surface area contributed by atoms with E-state index >= 15 is 0 Å². The summed E-state index contributed by atoms with van der Waals surface area (Å²) in [4.78, 5) is 0. The van der Waals surface area contributed by atoms with Crippen molar-refractivity contribution < 1.29 is 17.6 Å². The molecule has 1 aromatic rings. The molecule has 0 aliphatic carbocycles. The minimum absolute atomic E-state index is 0.440. The van der Waals surface area contributed by atoms with Crippen LogP contribution in [0.25, 0.3) is 0 Å². The summed E-state index contributed by atoms with van der Waals surface area (Å²) in [5, 5.41) is 0. The van der Waals surface area contributed by atoms with Crippen LogP contribution < -0.4 is 0 Å². The highest BCUT2D eigenvalue weighted by molar-refractivity contribution is 5.28. The van der Waals surface area contributed by atoms with Crippen molar-refractivity contribution in [3.8, 4) is 0 Å². The molecule has 0 N–H and O–H groups in total. The third kappa shape index (κ3) is 1.96. The van der Waals surface area contributed by atoms with Crippen LogP contribution in [0, 0.1) is 6.17 Å². The minimum Gasteiger partial charge on any atom is -0.224 e. The minimum atomic E-state index is -4.89. The van der Waals surface area contributed by atoms with Crippen LogP contribution in [0.5, 0.6) is 0 Å². The molecule has 0 heterocycles. The summed E-state index contributed by atoms with van der Waals surface area (Å²) in [7, 11) is 0. The molecule has 0 amide bonds. The Kier molecular flexibility index (Phi) is 2.35. The maximum absolute atomic E-state index is 12.4. The monoisotopic (exact) mass is 177 g/mol. The van der Waals surface area contributed by atoms with E-state index in [2.05, 4.69) is 0 Å². The molecule has 0 spiro atoms. The number of rotatable bonds is 1. The molecule has 0 saturated carbocycles. The van der Waals surface area contributed by atoms with Crippen LogP contribution in [0.1, 0.15) is 5.56 Å². The van der Waals surface area contributed by atoms with Crippen LogP contribution >= 0.6 is 0 Å². The Hall–Kier alpha value is -1.06. The molecule has 4 heteroatoms. The molecule has 0 aliphatic heterocycles. The predicted molar refractivity (Wildman–Crippen MR) is 36.0 cm³/mol. The number of hydrogen-bond donors (Lipinski definition) is 0. The van der Waals surface area contributed by atoms with Gasteiger partial charge in [-0.3, -0.25) is 0 Å². The number of halogens is 4. The summed E-state index contributed by atoms with van der Waals surface area (Å²) in [6.45, 7) is 0. The highest BCUT2D eigenvalue weighted by Crippen LogP contribution is 2.34. The molecule has 1 radical (unpaired) electrons. The first-order chi connectivity index (χ1) is 5.52. The van der Waals surface area contributed by atoms with E-state index in [-0.39, 0.29) is 0 Å². The van der Waals surface area contributed by atoms with Crippen LogP contribution in [-0.2, 0) is 0 Å². The van der Waals surface area contributed by atoms with Gasteiger partial charge >= 0.3 is 6.18 Å². The zero-order valence-corrected chi connectivity index (χ0v) is 5.90. The van der Waals surface area contributed by atoms with E-state index < -0.39 is 17.9 Å². The molecule has 0 aromatic heterocycles. The molecule has 12 heavy (non-hydrogen) atoms. The first-order valence-corrected chi connectivity index (χ1v) is 3.17. The summed E-state index contributed by atoms with van der Waals surface area (Å²) >= 11 is 0. The standard InChI is InChI=1S/C8H5F4/c9-7(8(10,11)12)6-4-2-1-3-5-6/h1-5H. The molecule has 0 bridgehead atoms. The summed E-state index contributed by atoms with van der Waals surface area (Å²) in [6, 6.07) is 6.36. The maximum Gasteiger partial charge on any atom is 0.430 e. The van der Waals surface area contributed by atoms with Gasteiger partial charge in [-0.2, -0.15) is 13.2 Å². The van der Waals surface area contributed by atoms with Gasteiger partial charge in [0.25, 0.3) is 6.17 Å². The molecule has 1 rings (SSSR count). The third-order valence-electron chi connectivity index (χ3n) is 1.28. The van der Waals surface area contributed by atoms with Crippen LogP contribution in [-0.4, -0.2) is 6.18 Å². The first kappa shape index (κ1) is 9.03. The van der Waals surface area contributed by atoms with Gasteiger partial charge in [0.2, 0.25) is 0 Å². The van der Waals surface area contributed by atoms with Crippen molar-refractivity contribution in [2.24, 2.45) is 0 Å². The van der Waals surface area contributed by atoms with Crippen molar-refractivity contribution in [3.63, 3.8) is 0 Å². The van der Waals surface area contributed by atoms with E-state index in [1.165, 1.54) is 18.2 Å². The van der Waals surface area contributed by atoms with E-state index in [0.717, 1.165) is 12.1 Å². The van der Waals surface area contributed by atoms with Gasteiger partial charge in [0.1, 0.15) is 0 Å². The lowest BCUT2D eigenvalue weighted by Crippen LogP contribution is -2.17. The summed E-state index contributed by atoms with van der Waals surface area (Å²) in [5.41, 5.74) is -0.440. The van der Waals surface area contributed by atoms with E-state index in [0.29, 0.717) is 0 Å². The predicted octanol–water partition coefficient (Wildman–Crippen LogP) is 3.10. The van der Waals surface area contributed by atoms with Crippen LogP contribution in [0.3, 0.4) is 0 Å². The lowest BCUT2D eigenvalue weighted by Gasteiger charge is -2.09. The molecule has 0 fully saturated rings. The Balaban J connectivity index is 2.86. The van der Waals surface area contributed by atoms with Gasteiger partial charge in [-0.1, -0.05) is 30.3 Å². The number of hydrogen-bond acceptors (Lipinski definition) is 0. The van der Waals surface area contributed by atoms with E-state index in [4.69, 9.17) is 0 Å². The molecule has 0 aliphatic rings. The molecule has 65 valence electrons. The van der Waals surface area contributed by atoms with E-state index in [1.54, 1.807) is 0 Å². The van der Waals surface area contributed by atoms with Crippen LogP contribution in [0.15, 0.2) is 30.3 Å². The van der Waals surface area contributed by atoms with Gasteiger partial charge in [0.15, 0.2) is 0 Å². The molecule has 0 atom stereocenters. The molecule has 0 saturated heterocycles. The zero-order chi connectivity index (χ0) is 9.19. The van der Waals surface area contributed by atoms with E-state index in [9.17, 15) is 17.6 Å². The zero-order valence-electron chi connectivity index (χ0n) is 5.90. The van der Waals surface area contributed by atoms with Crippen molar-refractivity contribution >= 4 is 0 Å². The smallest absolute Gasteiger partial charge is 0.224 e. The van der Waals surface area contributed by atoms with Gasteiger partial charge < -0.3 is 0 Å². The Morgan fingerprint density at radius 3 is 1.92 bits per heavy atom. The Bertz CT molecular complexity index is 239. The van der Waals surface area contributed by atoms with Crippen molar-refractivity contribution in [3.05, 3.63) is 42.1 Å². The van der Waals surface area contributed by atoms with Gasteiger partial charge in [-0.15, -0.1) is 0 Å². The quantitative estimate of drug-likeness (QED) is 0.578. The third-order valence-corrected chi connectivity index (χ3v) is 1.28. The Morgan fingerprint density at radius 2 is 1.50 bits per heavy atom. The molecule has 1 aromatic carbocycles. The number of alkyl halides is 3. The Morgan fingerprint density at radius 1 is 1.00 bits per heavy atom. The number of benzene rings is 1. The fourth-order valence-electron chi connectivity index (χ4n) is 0.748. The summed E-state index contributed by atoms with van der Waals surface area (Å²) in [6.07, 6.45) is -6.94. The molecule has 0 unspecified atom stereocenters. The normalized spacial score (nSPS) is 12.1. The van der Waals surface area contributed by atoms with Gasteiger partial charge in [-0.05, 0) is 0 Å². The van der Waals surface area contributed by atoms with Gasteiger partial charge in [-0.25, -0.2) is 4.39 Å². The fraction of sp³-hybridized carbons (Fsp3) is 0.125. The largest absolute Gasteiger partial charge is 0.430 e. The average Bonchev–Trinajstić information content (AvgIpc) is 2.03. The lowest BCUT2D eigenvalue weighted by atomic mass is 10.1. The van der Waals surface area contributed by atoms with Gasteiger partial charge in [0, 0.05) is 5.56 Å². The highest BCUT2D eigenvalue weighted by atomic mass is 19.4. The highest BCUT2D eigenvalue weighted by Gasteiger charge is 2.42. The summed E-state index contributed by atoms with van der Waals surface area (Å²) < 4.78 is 47.6.